The van der Waals surface area contributed by atoms with Crippen LogP contribution in [0.25, 0.3) is 16.5 Å². The van der Waals surface area contributed by atoms with Gasteiger partial charge in [-0.3, -0.25) is 4.68 Å². The van der Waals surface area contributed by atoms with E-state index in [9.17, 15) is 13.9 Å². The first-order chi connectivity index (χ1) is 16.4. The Labute approximate surface area is 194 Å². The number of aromatic nitrogens is 3. The molecule has 2 aliphatic rings. The van der Waals surface area contributed by atoms with Crippen molar-refractivity contribution in [2.24, 2.45) is 12.1 Å². The van der Waals surface area contributed by atoms with Gasteiger partial charge in [-0.25, -0.2) is 18.8 Å². The number of anilines is 1. The van der Waals surface area contributed by atoms with Gasteiger partial charge in [-0.05, 0) is 49.1 Å². The Hall–Kier alpha value is -3.37. The van der Waals surface area contributed by atoms with Crippen molar-refractivity contribution in [2.45, 2.75) is 38.0 Å². The molecule has 0 spiro atoms. The van der Waals surface area contributed by atoms with E-state index in [1.54, 1.807) is 22.9 Å². The zero-order valence-electron chi connectivity index (χ0n) is 18.9. The molecule has 5 rings (SSSR count). The van der Waals surface area contributed by atoms with Crippen molar-refractivity contribution in [1.82, 2.24) is 14.8 Å². The summed E-state index contributed by atoms with van der Waals surface area (Å²) in [6, 6.07) is 8.84. The standard InChI is InChI=1S/C24H25F2N5O3/c1-30-12-15-11-16(5-8-18(15)28-30)31-24(32)22(14-3-6-17(33-2)7-4-14)23-19(29-31)9-10-21(27-23)34-13-20(25)26/h3,5,8-12,17,20,24,32H,4,6-7,13H2,1-2H3. The number of ether oxygens (including phenoxy) is 2. The Morgan fingerprint density at radius 1 is 1.24 bits per heavy atom. The van der Waals surface area contributed by atoms with E-state index in [1.807, 2.05) is 37.5 Å². The Morgan fingerprint density at radius 2 is 2.09 bits per heavy atom. The minimum absolute atomic E-state index is 0.0651. The highest BCUT2D eigenvalue weighted by molar-refractivity contribution is 5.83. The maximum Gasteiger partial charge on any atom is 0.272 e. The van der Waals surface area contributed by atoms with E-state index in [2.05, 4.69) is 15.2 Å². The summed E-state index contributed by atoms with van der Waals surface area (Å²) in [5, 5.41) is 24.0. The smallest absolute Gasteiger partial charge is 0.272 e. The van der Waals surface area contributed by atoms with Gasteiger partial charge in [-0.2, -0.15) is 10.2 Å². The fourth-order valence-electron chi connectivity index (χ4n) is 4.42. The van der Waals surface area contributed by atoms with Gasteiger partial charge in [0.25, 0.3) is 6.43 Å². The van der Waals surface area contributed by atoms with Crippen LogP contribution in [0.2, 0.25) is 0 Å². The molecule has 0 saturated heterocycles. The van der Waals surface area contributed by atoms with Crippen molar-refractivity contribution >= 4 is 22.2 Å². The van der Waals surface area contributed by atoms with Gasteiger partial charge in [-0.1, -0.05) is 6.08 Å². The lowest BCUT2D eigenvalue weighted by atomic mass is 9.90. The van der Waals surface area contributed by atoms with Crippen LogP contribution in [0.15, 0.2) is 53.3 Å². The fourth-order valence-corrected chi connectivity index (χ4v) is 4.42. The molecule has 0 bridgehead atoms. The average molecular weight is 469 g/mol. The number of alkyl halides is 2. The molecule has 2 unspecified atom stereocenters. The second-order valence-corrected chi connectivity index (χ2v) is 8.36. The number of hydrogen-bond donors (Lipinski definition) is 1. The normalized spacial score (nSPS) is 20.4. The van der Waals surface area contributed by atoms with Crippen molar-refractivity contribution in [1.29, 1.82) is 0 Å². The molecule has 0 radical (unpaired) electrons. The SMILES string of the molecule is COC1CC=C(C2=c3nc(OCC(F)F)ccc3=NN(c3ccc4nn(C)cc4c3)C2O)CC1. The lowest BCUT2D eigenvalue weighted by Gasteiger charge is -2.32. The second-order valence-electron chi connectivity index (χ2n) is 8.36. The summed E-state index contributed by atoms with van der Waals surface area (Å²) < 4.78 is 37.7. The number of aliphatic hydroxyl groups is 1. The highest BCUT2D eigenvalue weighted by Crippen LogP contribution is 2.32. The summed E-state index contributed by atoms with van der Waals surface area (Å²) in [5.74, 6) is 0.0651. The van der Waals surface area contributed by atoms with Crippen LogP contribution in [0.3, 0.4) is 0 Å². The van der Waals surface area contributed by atoms with Gasteiger partial charge >= 0.3 is 0 Å². The highest BCUT2D eigenvalue weighted by Gasteiger charge is 2.30. The number of rotatable bonds is 6. The number of hydrogen-bond acceptors (Lipinski definition) is 7. The molecule has 0 fully saturated rings. The first-order valence-corrected chi connectivity index (χ1v) is 11.1. The van der Waals surface area contributed by atoms with Crippen LogP contribution in [0.5, 0.6) is 5.88 Å². The molecule has 1 aliphatic carbocycles. The van der Waals surface area contributed by atoms with Crippen LogP contribution in [0.1, 0.15) is 19.3 Å². The molecule has 178 valence electrons. The van der Waals surface area contributed by atoms with Crippen molar-refractivity contribution in [3.05, 3.63) is 58.9 Å². The van der Waals surface area contributed by atoms with E-state index in [4.69, 9.17) is 9.47 Å². The van der Waals surface area contributed by atoms with Crippen LogP contribution in [-0.4, -0.2) is 52.3 Å². The number of pyridine rings is 1. The summed E-state index contributed by atoms with van der Waals surface area (Å²) >= 11 is 0. The average Bonchev–Trinajstić information content (AvgIpc) is 3.21. The lowest BCUT2D eigenvalue weighted by molar-refractivity contribution is 0.0794. The van der Waals surface area contributed by atoms with Crippen LogP contribution in [-0.2, 0) is 11.8 Å². The van der Waals surface area contributed by atoms with Gasteiger partial charge in [0.1, 0.15) is 10.7 Å². The first-order valence-electron chi connectivity index (χ1n) is 11.1. The van der Waals surface area contributed by atoms with E-state index in [0.29, 0.717) is 34.8 Å². The van der Waals surface area contributed by atoms with E-state index in [-0.39, 0.29) is 12.0 Å². The Morgan fingerprint density at radius 3 is 2.82 bits per heavy atom. The minimum Gasteiger partial charge on any atom is -0.472 e. The molecule has 1 aromatic carbocycles. The summed E-state index contributed by atoms with van der Waals surface area (Å²) in [4.78, 5) is 4.45. The van der Waals surface area contributed by atoms with Gasteiger partial charge in [0.2, 0.25) is 5.88 Å². The number of benzene rings is 1. The van der Waals surface area contributed by atoms with Gasteiger partial charge < -0.3 is 14.6 Å². The van der Waals surface area contributed by atoms with Crippen molar-refractivity contribution < 1.29 is 23.4 Å². The minimum atomic E-state index is -2.61. The molecule has 8 nitrogen and oxygen atoms in total. The Balaban J connectivity index is 1.62. The molecule has 2 aromatic heterocycles. The number of methoxy groups -OCH3 is 1. The molecule has 34 heavy (non-hydrogen) atoms. The van der Waals surface area contributed by atoms with Crippen LogP contribution in [0, 0.1) is 0 Å². The Kier molecular flexibility index (Phi) is 6.01. The summed E-state index contributed by atoms with van der Waals surface area (Å²) in [5.41, 5.74) is 3.06. The second kappa shape index (κ2) is 9.11. The third-order valence-corrected chi connectivity index (χ3v) is 6.08. The molecule has 1 N–H and O–H groups in total. The summed E-state index contributed by atoms with van der Waals surface area (Å²) in [7, 11) is 3.54. The van der Waals surface area contributed by atoms with Crippen LogP contribution in [0.4, 0.5) is 14.5 Å². The van der Waals surface area contributed by atoms with Crippen molar-refractivity contribution in [3.63, 3.8) is 0 Å². The number of aliphatic hydroxyl groups excluding tert-OH is 1. The largest absolute Gasteiger partial charge is 0.472 e. The maximum atomic E-state index is 12.7. The van der Waals surface area contributed by atoms with E-state index in [1.165, 1.54) is 6.07 Å². The zero-order chi connectivity index (χ0) is 23.8. The van der Waals surface area contributed by atoms with Gasteiger partial charge in [0.05, 0.1) is 17.3 Å². The predicted molar refractivity (Wildman–Crippen MR) is 122 cm³/mol. The number of aryl methyl sites for hydroxylation is 1. The molecule has 0 amide bonds. The predicted octanol–water partition coefficient (Wildman–Crippen LogP) is 2.26. The molecular weight excluding hydrogens is 444 g/mol. The van der Waals surface area contributed by atoms with Gasteiger partial charge in [0.15, 0.2) is 12.8 Å². The Bertz CT molecular complexity index is 1370. The maximum absolute atomic E-state index is 12.7. The first kappa shape index (κ1) is 22.4. The topological polar surface area (TPSA) is 85.0 Å². The van der Waals surface area contributed by atoms with Crippen molar-refractivity contribution in [3.8, 4) is 5.88 Å². The van der Waals surface area contributed by atoms with Gasteiger partial charge in [0, 0.05) is 37.4 Å². The third-order valence-electron chi connectivity index (χ3n) is 6.08. The molecule has 10 heteroatoms. The lowest BCUT2D eigenvalue weighted by Crippen LogP contribution is -2.48. The fraction of sp³-hybridized carbons (Fsp3) is 0.375. The van der Waals surface area contributed by atoms with Crippen molar-refractivity contribution in [2.75, 3.05) is 18.7 Å². The molecular formula is C24H25F2N5O3. The van der Waals surface area contributed by atoms with Crippen LogP contribution < -0.4 is 20.5 Å². The molecule has 3 aromatic rings. The molecule has 0 saturated carbocycles. The molecule has 2 atom stereocenters. The number of nitrogens with zero attached hydrogens (tertiary/aromatic N) is 5. The van der Waals surface area contributed by atoms with E-state index >= 15 is 0 Å². The number of fused-ring (bicyclic) bond motifs is 2. The van der Waals surface area contributed by atoms with E-state index < -0.39 is 19.3 Å². The van der Waals surface area contributed by atoms with Crippen LogP contribution >= 0.6 is 0 Å². The van der Waals surface area contributed by atoms with Gasteiger partial charge in [-0.15, -0.1) is 0 Å². The highest BCUT2D eigenvalue weighted by atomic mass is 19.3. The zero-order valence-corrected chi connectivity index (χ0v) is 18.9. The summed E-state index contributed by atoms with van der Waals surface area (Å²) in [6.07, 6.45) is 2.52. The monoisotopic (exact) mass is 469 g/mol. The quantitative estimate of drug-likeness (QED) is 0.596. The third kappa shape index (κ3) is 4.26. The van der Waals surface area contributed by atoms with E-state index in [0.717, 1.165) is 22.9 Å². The molecule has 1 aliphatic heterocycles. The number of halogens is 2. The summed E-state index contributed by atoms with van der Waals surface area (Å²) in [6.45, 7) is -0.754. The molecule has 3 heterocycles.